The summed E-state index contributed by atoms with van der Waals surface area (Å²) in [6.07, 6.45) is 1.05. The molecule has 0 bridgehead atoms. The maximum absolute atomic E-state index is 13.0. The highest BCUT2D eigenvalue weighted by Crippen LogP contribution is 2.10. The van der Waals surface area contributed by atoms with E-state index < -0.39 is 66.8 Å². The smallest absolute Gasteiger partial charge is 0.322 e. The van der Waals surface area contributed by atoms with Gasteiger partial charge in [-0.2, -0.15) is 12.6 Å². The number of carbonyl (C=O) groups excluding carboxylic acids is 4. The second-order valence-corrected chi connectivity index (χ2v) is 9.05. The normalized spacial score (nSPS) is 17.7. The monoisotopic (exact) mass is 517 g/mol. The molecule has 0 aliphatic carbocycles. The van der Waals surface area contributed by atoms with E-state index in [1.54, 1.807) is 0 Å². The molecule has 0 saturated carbocycles. The Kier molecular flexibility index (Phi) is 13.1. The Morgan fingerprint density at radius 2 is 1.54 bits per heavy atom. The van der Waals surface area contributed by atoms with Crippen LogP contribution in [0, 0.1) is 5.92 Å². The van der Waals surface area contributed by atoms with Crippen LogP contribution in [-0.2, 0) is 28.8 Å². The maximum atomic E-state index is 13.0. The fourth-order valence-corrected chi connectivity index (χ4v) is 3.70. The first-order valence-electron chi connectivity index (χ1n) is 11.4. The molecule has 0 radical (unpaired) electrons. The zero-order chi connectivity index (χ0) is 26.5. The van der Waals surface area contributed by atoms with E-state index in [-0.39, 0.29) is 30.4 Å². The lowest BCUT2D eigenvalue weighted by atomic mass is 10.0. The van der Waals surface area contributed by atoms with Crippen molar-refractivity contribution in [1.29, 1.82) is 0 Å². The van der Waals surface area contributed by atoms with Gasteiger partial charge in [0.1, 0.15) is 24.7 Å². The summed E-state index contributed by atoms with van der Waals surface area (Å²) in [6, 6.07) is -3.90. The third-order valence-corrected chi connectivity index (χ3v) is 5.59. The SMILES string of the molecule is CC(C)C[C@H](NC(=O)[C@@H]1CCCN1)C(=O)N[C@@H](CCC(=O)O)C(=O)N[C@@H](CS)C(=O)NCC(=O)O. The molecule has 0 aromatic heterocycles. The number of amides is 4. The summed E-state index contributed by atoms with van der Waals surface area (Å²) in [5.41, 5.74) is 0. The Morgan fingerprint density at radius 1 is 0.914 bits per heavy atom. The lowest BCUT2D eigenvalue weighted by molar-refractivity contribution is -0.138. The average molecular weight is 518 g/mol. The van der Waals surface area contributed by atoms with Crippen LogP contribution in [0.1, 0.15) is 46.0 Å². The number of carboxylic acids is 2. The van der Waals surface area contributed by atoms with E-state index in [0.717, 1.165) is 6.42 Å². The first-order chi connectivity index (χ1) is 16.4. The van der Waals surface area contributed by atoms with Gasteiger partial charge in [0, 0.05) is 12.2 Å². The van der Waals surface area contributed by atoms with Gasteiger partial charge >= 0.3 is 11.9 Å². The van der Waals surface area contributed by atoms with Gasteiger partial charge in [-0.05, 0) is 38.1 Å². The molecule has 0 spiro atoms. The van der Waals surface area contributed by atoms with E-state index in [9.17, 15) is 28.8 Å². The average Bonchev–Trinajstić information content (AvgIpc) is 3.32. The minimum absolute atomic E-state index is 0.0281. The fourth-order valence-electron chi connectivity index (χ4n) is 3.44. The highest BCUT2D eigenvalue weighted by Gasteiger charge is 2.32. The molecule has 7 N–H and O–H groups in total. The van der Waals surface area contributed by atoms with Gasteiger partial charge < -0.3 is 36.8 Å². The van der Waals surface area contributed by atoms with E-state index in [1.807, 2.05) is 13.8 Å². The van der Waals surface area contributed by atoms with Crippen LogP contribution in [0.25, 0.3) is 0 Å². The van der Waals surface area contributed by atoms with E-state index in [4.69, 9.17) is 10.2 Å². The van der Waals surface area contributed by atoms with Crippen LogP contribution in [-0.4, -0.2) is 88.8 Å². The molecule has 198 valence electrons. The third kappa shape index (κ3) is 11.4. The summed E-state index contributed by atoms with van der Waals surface area (Å²) in [6.45, 7) is 3.76. The van der Waals surface area contributed by atoms with Crippen molar-refractivity contribution in [3.63, 3.8) is 0 Å². The molecule has 1 aliphatic rings. The summed E-state index contributed by atoms with van der Waals surface area (Å²) in [4.78, 5) is 72.3. The van der Waals surface area contributed by atoms with Crippen molar-refractivity contribution >= 4 is 48.2 Å². The van der Waals surface area contributed by atoms with Crippen LogP contribution in [0.15, 0.2) is 0 Å². The summed E-state index contributed by atoms with van der Waals surface area (Å²) < 4.78 is 0. The molecule has 0 unspecified atom stereocenters. The van der Waals surface area contributed by atoms with Gasteiger partial charge in [0.15, 0.2) is 0 Å². The topological polar surface area (TPSA) is 203 Å². The largest absolute Gasteiger partial charge is 0.481 e. The van der Waals surface area contributed by atoms with Crippen molar-refractivity contribution in [2.24, 2.45) is 5.92 Å². The molecule has 1 heterocycles. The van der Waals surface area contributed by atoms with Crippen LogP contribution in [0.2, 0.25) is 0 Å². The molecule has 1 aliphatic heterocycles. The molecule has 0 aromatic rings. The number of carboxylic acid groups (broad SMARTS) is 2. The zero-order valence-electron chi connectivity index (χ0n) is 19.8. The predicted molar refractivity (Wildman–Crippen MR) is 128 cm³/mol. The van der Waals surface area contributed by atoms with Gasteiger partial charge in [-0.1, -0.05) is 13.8 Å². The van der Waals surface area contributed by atoms with Gasteiger partial charge in [-0.25, -0.2) is 0 Å². The molecule has 4 atom stereocenters. The van der Waals surface area contributed by atoms with Crippen molar-refractivity contribution < 1.29 is 39.0 Å². The van der Waals surface area contributed by atoms with Crippen LogP contribution in [0.4, 0.5) is 0 Å². The van der Waals surface area contributed by atoms with Gasteiger partial charge in [0.25, 0.3) is 0 Å². The molecule has 0 aromatic carbocycles. The first kappa shape index (κ1) is 30.2. The number of thiol groups is 1. The van der Waals surface area contributed by atoms with E-state index in [1.165, 1.54) is 0 Å². The number of hydrogen-bond acceptors (Lipinski definition) is 8. The number of nitrogens with one attached hydrogen (secondary N) is 5. The molecule has 4 amide bonds. The summed E-state index contributed by atoms with van der Waals surface area (Å²) in [7, 11) is 0. The zero-order valence-corrected chi connectivity index (χ0v) is 20.7. The van der Waals surface area contributed by atoms with E-state index >= 15 is 0 Å². The van der Waals surface area contributed by atoms with E-state index in [0.29, 0.717) is 13.0 Å². The Bertz CT molecular complexity index is 788. The van der Waals surface area contributed by atoms with Crippen molar-refractivity contribution in [2.75, 3.05) is 18.8 Å². The Hall–Kier alpha value is -2.87. The second-order valence-electron chi connectivity index (χ2n) is 8.69. The standard InChI is InChI=1S/C21H35N5O8S/c1-11(2)8-14(25-19(32)12-4-3-7-22-12)21(34)24-13(5-6-16(27)28)20(33)26-15(10-35)18(31)23-9-17(29)30/h11-15,22,35H,3-10H2,1-2H3,(H,23,31)(H,24,34)(H,25,32)(H,26,33)(H,27,28)(H,29,30)/t12-,13-,14-,15-/m0/s1. The Balaban J connectivity index is 2.93. The van der Waals surface area contributed by atoms with Crippen LogP contribution < -0.4 is 26.6 Å². The molecule has 35 heavy (non-hydrogen) atoms. The maximum Gasteiger partial charge on any atom is 0.322 e. The highest BCUT2D eigenvalue weighted by molar-refractivity contribution is 7.80. The Labute approximate surface area is 208 Å². The number of rotatable bonds is 15. The molecule has 1 rings (SSSR count). The molecule has 14 heteroatoms. The third-order valence-electron chi connectivity index (χ3n) is 5.23. The Morgan fingerprint density at radius 3 is 2.06 bits per heavy atom. The second kappa shape index (κ2) is 15.2. The van der Waals surface area contributed by atoms with Gasteiger partial charge in [0.2, 0.25) is 23.6 Å². The predicted octanol–water partition coefficient (Wildman–Crippen LogP) is -1.77. The van der Waals surface area contributed by atoms with Crippen molar-refractivity contribution in [3.8, 4) is 0 Å². The molecular weight excluding hydrogens is 482 g/mol. The molecular formula is C21H35N5O8S. The van der Waals surface area contributed by atoms with Gasteiger partial charge in [0.05, 0.1) is 6.04 Å². The van der Waals surface area contributed by atoms with Gasteiger partial charge in [-0.15, -0.1) is 0 Å². The summed E-state index contributed by atoms with van der Waals surface area (Å²) in [5, 5.41) is 30.5. The summed E-state index contributed by atoms with van der Waals surface area (Å²) in [5.74, 6) is -5.24. The van der Waals surface area contributed by atoms with Crippen molar-refractivity contribution in [1.82, 2.24) is 26.6 Å². The van der Waals surface area contributed by atoms with Crippen LogP contribution >= 0.6 is 12.6 Å². The number of hydrogen-bond donors (Lipinski definition) is 8. The highest BCUT2D eigenvalue weighted by atomic mass is 32.1. The molecule has 1 fully saturated rings. The minimum Gasteiger partial charge on any atom is -0.481 e. The van der Waals surface area contributed by atoms with Crippen LogP contribution in [0.5, 0.6) is 0 Å². The molecule has 13 nitrogen and oxygen atoms in total. The van der Waals surface area contributed by atoms with Crippen molar-refractivity contribution in [2.45, 2.75) is 70.1 Å². The van der Waals surface area contributed by atoms with Crippen molar-refractivity contribution in [3.05, 3.63) is 0 Å². The lowest BCUT2D eigenvalue weighted by Gasteiger charge is -2.26. The number of carbonyl (C=O) groups is 6. The first-order valence-corrected chi connectivity index (χ1v) is 12.0. The van der Waals surface area contributed by atoms with Crippen LogP contribution in [0.3, 0.4) is 0 Å². The lowest BCUT2D eigenvalue weighted by Crippen LogP contribution is -2.58. The fraction of sp³-hybridized carbons (Fsp3) is 0.714. The minimum atomic E-state index is -1.32. The van der Waals surface area contributed by atoms with Gasteiger partial charge in [-0.3, -0.25) is 28.8 Å². The van der Waals surface area contributed by atoms with E-state index in [2.05, 4.69) is 39.2 Å². The quantitative estimate of drug-likeness (QED) is 0.116. The molecule has 1 saturated heterocycles. The number of aliphatic carboxylic acids is 2. The summed E-state index contributed by atoms with van der Waals surface area (Å²) >= 11 is 3.99.